The van der Waals surface area contributed by atoms with Crippen molar-refractivity contribution in [1.82, 2.24) is 9.03 Å². The highest BCUT2D eigenvalue weighted by atomic mass is 32.2. The molecule has 0 spiro atoms. The van der Waals surface area contributed by atoms with Crippen molar-refractivity contribution in [3.63, 3.8) is 0 Å². The third-order valence-electron chi connectivity index (χ3n) is 2.11. The summed E-state index contributed by atoms with van der Waals surface area (Å²) in [6, 6.07) is -1.16. The predicted molar refractivity (Wildman–Crippen MR) is 43.7 cm³/mol. The van der Waals surface area contributed by atoms with E-state index in [1.54, 1.807) is 0 Å². The lowest BCUT2D eigenvalue weighted by Crippen LogP contribution is -2.44. The maximum atomic E-state index is 12.3. The molecule has 7 heteroatoms. The summed E-state index contributed by atoms with van der Waals surface area (Å²) in [5.41, 5.74) is 0. The molecule has 0 bridgehead atoms. The second-order valence-corrected chi connectivity index (χ2v) is 4.69. The van der Waals surface area contributed by atoms with Gasteiger partial charge in [0.15, 0.2) is 0 Å². The molecule has 1 atom stereocenters. The molecular weight excluding hydrogens is 202 g/mol. The van der Waals surface area contributed by atoms with Gasteiger partial charge in [-0.05, 0) is 12.8 Å². The SMILES string of the molecule is CNS(=O)(=O)N1CCC[C@@H]1C(F)F. The Bertz CT molecular complexity index is 268. The van der Waals surface area contributed by atoms with Crippen LogP contribution in [0.25, 0.3) is 0 Å². The topological polar surface area (TPSA) is 49.4 Å². The van der Waals surface area contributed by atoms with Crippen molar-refractivity contribution in [2.75, 3.05) is 13.6 Å². The van der Waals surface area contributed by atoms with Crippen molar-refractivity contribution in [1.29, 1.82) is 0 Å². The molecule has 0 amide bonds. The predicted octanol–water partition coefficient (Wildman–Crippen LogP) is 0.180. The number of rotatable bonds is 3. The summed E-state index contributed by atoms with van der Waals surface area (Å²) in [7, 11) is -2.47. The molecule has 1 rings (SSSR count). The van der Waals surface area contributed by atoms with E-state index in [2.05, 4.69) is 0 Å². The van der Waals surface area contributed by atoms with Crippen LogP contribution in [0.15, 0.2) is 0 Å². The molecule has 1 aliphatic rings. The molecule has 1 saturated heterocycles. The van der Waals surface area contributed by atoms with Crippen LogP contribution in [-0.2, 0) is 10.2 Å². The molecule has 0 aromatic heterocycles. The second-order valence-electron chi connectivity index (χ2n) is 2.86. The Labute approximate surface area is 76.1 Å². The molecule has 13 heavy (non-hydrogen) atoms. The van der Waals surface area contributed by atoms with Crippen LogP contribution in [-0.4, -0.2) is 38.8 Å². The van der Waals surface area contributed by atoms with Gasteiger partial charge in [-0.2, -0.15) is 12.7 Å². The van der Waals surface area contributed by atoms with Crippen molar-refractivity contribution in [2.45, 2.75) is 25.3 Å². The van der Waals surface area contributed by atoms with Gasteiger partial charge >= 0.3 is 0 Å². The molecule has 0 radical (unpaired) electrons. The molecule has 1 N–H and O–H groups in total. The Morgan fingerprint density at radius 3 is 2.62 bits per heavy atom. The normalized spacial score (nSPS) is 25.7. The van der Waals surface area contributed by atoms with Crippen molar-refractivity contribution < 1.29 is 17.2 Å². The number of nitrogens with zero attached hydrogens (tertiary/aromatic N) is 1. The first-order chi connectivity index (χ1) is 5.99. The van der Waals surface area contributed by atoms with Crippen molar-refractivity contribution >= 4 is 10.2 Å². The zero-order chi connectivity index (χ0) is 10.1. The van der Waals surface area contributed by atoms with E-state index in [0.29, 0.717) is 6.42 Å². The Hall–Kier alpha value is -0.270. The van der Waals surface area contributed by atoms with E-state index in [-0.39, 0.29) is 13.0 Å². The maximum Gasteiger partial charge on any atom is 0.279 e. The smallest absolute Gasteiger partial charge is 0.209 e. The largest absolute Gasteiger partial charge is 0.279 e. The summed E-state index contributed by atoms with van der Waals surface area (Å²) in [5.74, 6) is 0. The Kier molecular flexibility index (Phi) is 3.20. The van der Waals surface area contributed by atoms with Crippen LogP contribution in [0.2, 0.25) is 0 Å². The Morgan fingerprint density at radius 1 is 1.54 bits per heavy atom. The Morgan fingerprint density at radius 2 is 2.15 bits per heavy atom. The van der Waals surface area contributed by atoms with Crippen LogP contribution >= 0.6 is 0 Å². The lowest BCUT2D eigenvalue weighted by molar-refractivity contribution is 0.0781. The monoisotopic (exact) mass is 214 g/mol. The zero-order valence-corrected chi connectivity index (χ0v) is 8.02. The van der Waals surface area contributed by atoms with Crippen LogP contribution in [0.3, 0.4) is 0 Å². The molecule has 0 unspecified atom stereocenters. The van der Waals surface area contributed by atoms with E-state index in [4.69, 9.17) is 0 Å². The van der Waals surface area contributed by atoms with E-state index in [9.17, 15) is 17.2 Å². The van der Waals surface area contributed by atoms with Gasteiger partial charge in [0.1, 0.15) is 0 Å². The number of nitrogens with one attached hydrogen (secondary N) is 1. The number of hydrogen-bond acceptors (Lipinski definition) is 2. The molecule has 0 aromatic carbocycles. The summed E-state index contributed by atoms with van der Waals surface area (Å²) in [6.45, 7) is 0.179. The minimum absolute atomic E-state index is 0.179. The minimum Gasteiger partial charge on any atom is -0.209 e. The van der Waals surface area contributed by atoms with Crippen LogP contribution in [0.5, 0.6) is 0 Å². The standard InChI is InChI=1S/C6H12F2N2O2S/c1-9-13(11,12)10-4-2-3-5(10)6(7)8/h5-6,9H,2-4H2,1H3/t5-/m1/s1. The van der Waals surface area contributed by atoms with Gasteiger partial charge in [0.25, 0.3) is 16.6 Å². The quantitative estimate of drug-likeness (QED) is 0.728. The molecule has 78 valence electrons. The van der Waals surface area contributed by atoms with Gasteiger partial charge in [-0.1, -0.05) is 0 Å². The molecular formula is C6H12F2N2O2S. The highest BCUT2D eigenvalue weighted by Crippen LogP contribution is 2.24. The first kappa shape index (κ1) is 10.8. The van der Waals surface area contributed by atoms with Gasteiger partial charge in [0.2, 0.25) is 0 Å². The highest BCUT2D eigenvalue weighted by molar-refractivity contribution is 7.87. The second kappa shape index (κ2) is 3.85. The van der Waals surface area contributed by atoms with Crippen molar-refractivity contribution in [3.05, 3.63) is 0 Å². The van der Waals surface area contributed by atoms with Gasteiger partial charge in [-0.15, -0.1) is 0 Å². The van der Waals surface area contributed by atoms with Crippen molar-refractivity contribution in [2.24, 2.45) is 0 Å². The Balaban J connectivity index is 2.80. The highest BCUT2D eigenvalue weighted by Gasteiger charge is 2.38. The molecule has 1 aliphatic heterocycles. The average molecular weight is 214 g/mol. The average Bonchev–Trinajstić information content (AvgIpc) is 2.52. The lowest BCUT2D eigenvalue weighted by atomic mass is 10.2. The zero-order valence-electron chi connectivity index (χ0n) is 7.20. The molecule has 0 aromatic rings. The van der Waals surface area contributed by atoms with E-state index in [1.807, 2.05) is 4.72 Å². The number of halogens is 2. The summed E-state index contributed by atoms with van der Waals surface area (Å²) in [4.78, 5) is 0. The molecule has 4 nitrogen and oxygen atoms in total. The molecule has 1 heterocycles. The summed E-state index contributed by atoms with van der Waals surface area (Å²) >= 11 is 0. The first-order valence-electron chi connectivity index (χ1n) is 3.97. The fraction of sp³-hybridized carbons (Fsp3) is 1.00. The summed E-state index contributed by atoms with van der Waals surface area (Å²) in [6.07, 6.45) is -1.88. The number of hydrogen-bond donors (Lipinski definition) is 1. The number of alkyl halides is 2. The van der Waals surface area contributed by atoms with E-state index in [0.717, 1.165) is 4.31 Å². The van der Waals surface area contributed by atoms with Gasteiger partial charge in [0.05, 0.1) is 6.04 Å². The summed E-state index contributed by atoms with van der Waals surface area (Å²) in [5, 5.41) is 0. The van der Waals surface area contributed by atoms with Gasteiger partial charge in [-0.25, -0.2) is 13.5 Å². The van der Waals surface area contributed by atoms with Crippen LogP contribution < -0.4 is 4.72 Å². The van der Waals surface area contributed by atoms with Crippen LogP contribution in [0.1, 0.15) is 12.8 Å². The van der Waals surface area contributed by atoms with Crippen molar-refractivity contribution in [3.8, 4) is 0 Å². The van der Waals surface area contributed by atoms with Gasteiger partial charge < -0.3 is 0 Å². The lowest BCUT2D eigenvalue weighted by Gasteiger charge is -2.22. The minimum atomic E-state index is -3.69. The fourth-order valence-electron chi connectivity index (χ4n) is 1.43. The first-order valence-corrected chi connectivity index (χ1v) is 5.41. The molecule has 0 saturated carbocycles. The van der Waals surface area contributed by atoms with E-state index < -0.39 is 22.7 Å². The van der Waals surface area contributed by atoms with Gasteiger partial charge in [-0.3, -0.25) is 0 Å². The molecule has 1 fully saturated rings. The maximum absolute atomic E-state index is 12.3. The summed E-state index contributed by atoms with van der Waals surface area (Å²) < 4.78 is 49.9. The van der Waals surface area contributed by atoms with E-state index in [1.165, 1.54) is 7.05 Å². The van der Waals surface area contributed by atoms with Gasteiger partial charge in [0, 0.05) is 13.6 Å². The van der Waals surface area contributed by atoms with Crippen LogP contribution in [0.4, 0.5) is 8.78 Å². The third kappa shape index (κ3) is 2.15. The van der Waals surface area contributed by atoms with E-state index >= 15 is 0 Å². The molecule has 0 aliphatic carbocycles. The van der Waals surface area contributed by atoms with Crippen LogP contribution in [0, 0.1) is 0 Å². The third-order valence-corrected chi connectivity index (χ3v) is 3.69. The fourth-order valence-corrected chi connectivity index (χ4v) is 2.59.